The van der Waals surface area contributed by atoms with E-state index in [4.69, 9.17) is 5.73 Å². The van der Waals surface area contributed by atoms with E-state index in [2.05, 4.69) is 4.18 Å². The average Bonchev–Trinajstić information content (AvgIpc) is 2.10. The Morgan fingerprint density at radius 1 is 1.47 bits per heavy atom. The molecular formula is C8H8FNO4S. The van der Waals surface area contributed by atoms with Gasteiger partial charge in [0.1, 0.15) is 6.29 Å². The number of nitrogens with two attached hydrogens (primary N) is 1. The van der Waals surface area contributed by atoms with E-state index in [0.717, 1.165) is 6.07 Å². The lowest BCUT2D eigenvalue weighted by molar-refractivity contribution is 0.112. The molecule has 0 aliphatic rings. The van der Waals surface area contributed by atoms with E-state index in [9.17, 15) is 17.1 Å². The normalized spacial score (nSPS) is 11.1. The lowest BCUT2D eigenvalue weighted by Crippen LogP contribution is -2.04. The van der Waals surface area contributed by atoms with Crippen LogP contribution in [0.3, 0.4) is 0 Å². The average molecular weight is 233 g/mol. The fourth-order valence-corrected chi connectivity index (χ4v) is 1.38. The van der Waals surface area contributed by atoms with Crippen LogP contribution >= 0.6 is 0 Å². The van der Waals surface area contributed by atoms with Gasteiger partial charge in [0.15, 0.2) is 5.75 Å². The predicted octanol–water partition coefficient (Wildman–Crippen LogP) is 0.983. The summed E-state index contributed by atoms with van der Waals surface area (Å²) < 4.78 is 36.8. The number of carbonyl (C=O) groups excluding carboxylic acids is 1. The Balaban J connectivity index is 3.28. The second-order valence-corrected chi connectivity index (χ2v) is 3.78. The number of halogens is 1. The smallest absolute Gasteiger partial charge is 0.398 e. The number of benzene rings is 1. The molecule has 0 saturated carbocycles. The number of aldehydes is 1. The molecule has 0 bridgehead atoms. The molecule has 0 saturated heterocycles. The predicted molar refractivity (Wildman–Crippen MR) is 51.6 cm³/mol. The molecule has 0 aliphatic carbocycles. The Hall–Kier alpha value is -1.63. The Morgan fingerprint density at radius 2 is 2.07 bits per heavy atom. The maximum atomic E-state index is 12.2. The van der Waals surface area contributed by atoms with Gasteiger partial charge in [0, 0.05) is 16.8 Å². The highest BCUT2D eigenvalue weighted by atomic mass is 32.3. The van der Waals surface area contributed by atoms with Gasteiger partial charge in [-0.3, -0.25) is 4.79 Å². The van der Waals surface area contributed by atoms with Crippen LogP contribution in [0.15, 0.2) is 12.1 Å². The third-order valence-corrected chi connectivity index (χ3v) is 2.13. The molecule has 0 spiro atoms. The molecule has 1 aromatic rings. The van der Waals surface area contributed by atoms with E-state index in [1.165, 1.54) is 13.0 Å². The van der Waals surface area contributed by atoms with Gasteiger partial charge in [-0.25, -0.2) is 0 Å². The molecule has 1 rings (SSSR count). The van der Waals surface area contributed by atoms with Crippen LogP contribution in [0.5, 0.6) is 5.75 Å². The van der Waals surface area contributed by atoms with Crippen molar-refractivity contribution in [3.8, 4) is 5.75 Å². The van der Waals surface area contributed by atoms with Gasteiger partial charge >= 0.3 is 10.5 Å². The van der Waals surface area contributed by atoms with Gasteiger partial charge in [0.2, 0.25) is 0 Å². The highest BCUT2D eigenvalue weighted by Crippen LogP contribution is 2.26. The number of hydrogen-bond donors (Lipinski definition) is 1. The zero-order valence-electron chi connectivity index (χ0n) is 7.73. The molecule has 7 heteroatoms. The van der Waals surface area contributed by atoms with Crippen LogP contribution in [0.25, 0.3) is 0 Å². The molecule has 0 aromatic heterocycles. The minimum atomic E-state index is -5.11. The van der Waals surface area contributed by atoms with Crippen LogP contribution in [0.1, 0.15) is 15.9 Å². The van der Waals surface area contributed by atoms with E-state index in [1.54, 1.807) is 0 Å². The van der Waals surface area contributed by atoms with Gasteiger partial charge < -0.3 is 9.92 Å². The summed E-state index contributed by atoms with van der Waals surface area (Å²) in [4.78, 5) is 10.4. The molecular weight excluding hydrogens is 225 g/mol. The number of hydrogen-bond acceptors (Lipinski definition) is 5. The van der Waals surface area contributed by atoms with Gasteiger partial charge in [-0.2, -0.15) is 8.42 Å². The fraction of sp³-hybridized carbons (Fsp3) is 0.125. The molecule has 0 heterocycles. The van der Waals surface area contributed by atoms with Crippen LogP contribution in [0.4, 0.5) is 9.57 Å². The van der Waals surface area contributed by atoms with Gasteiger partial charge in [-0.15, -0.1) is 0 Å². The topological polar surface area (TPSA) is 86.5 Å². The molecule has 15 heavy (non-hydrogen) atoms. The van der Waals surface area contributed by atoms with E-state index in [0.29, 0.717) is 6.29 Å². The third-order valence-electron chi connectivity index (χ3n) is 1.75. The molecule has 0 aliphatic heterocycles. The molecule has 5 nitrogen and oxygen atoms in total. The zero-order chi connectivity index (χ0) is 11.6. The summed E-state index contributed by atoms with van der Waals surface area (Å²) >= 11 is 0. The summed E-state index contributed by atoms with van der Waals surface area (Å²) in [6, 6.07) is 2.43. The quantitative estimate of drug-likeness (QED) is 0.477. The lowest BCUT2D eigenvalue weighted by atomic mass is 10.1. The fourth-order valence-electron chi connectivity index (χ4n) is 0.993. The van der Waals surface area contributed by atoms with E-state index < -0.39 is 10.5 Å². The molecule has 0 atom stereocenters. The van der Waals surface area contributed by atoms with Crippen molar-refractivity contribution in [3.63, 3.8) is 0 Å². The summed E-state index contributed by atoms with van der Waals surface area (Å²) in [5.41, 5.74) is 5.97. The second-order valence-electron chi connectivity index (χ2n) is 2.83. The Kier molecular flexibility index (Phi) is 2.94. The summed E-state index contributed by atoms with van der Waals surface area (Å²) in [7, 11) is -5.11. The number of carbonyl (C=O) groups is 1. The van der Waals surface area contributed by atoms with E-state index >= 15 is 0 Å². The van der Waals surface area contributed by atoms with Crippen molar-refractivity contribution in [2.75, 3.05) is 5.73 Å². The molecule has 0 unspecified atom stereocenters. The second kappa shape index (κ2) is 3.85. The zero-order valence-corrected chi connectivity index (χ0v) is 8.55. The first-order chi connectivity index (χ1) is 6.83. The third kappa shape index (κ3) is 2.91. The summed E-state index contributed by atoms with van der Waals surface area (Å²) in [6.07, 6.45) is 0.452. The summed E-state index contributed by atoms with van der Waals surface area (Å²) in [6.45, 7) is 1.45. The molecule has 1 aromatic carbocycles. The van der Waals surface area contributed by atoms with Crippen molar-refractivity contribution in [1.29, 1.82) is 0 Å². The monoisotopic (exact) mass is 233 g/mol. The van der Waals surface area contributed by atoms with Crippen molar-refractivity contribution in [1.82, 2.24) is 0 Å². The molecule has 2 N–H and O–H groups in total. The largest absolute Gasteiger partial charge is 0.488 e. The van der Waals surface area contributed by atoms with Crippen molar-refractivity contribution >= 4 is 22.5 Å². The van der Waals surface area contributed by atoms with Crippen molar-refractivity contribution in [3.05, 3.63) is 23.3 Å². The number of rotatable bonds is 3. The SMILES string of the molecule is Cc1c(N)cc(C=O)cc1OS(=O)(=O)F. The standard InChI is InChI=1S/C8H8FNO4S/c1-5-7(10)2-6(4-11)3-8(5)14-15(9,12)13/h2-4H,10H2,1H3. The van der Waals surface area contributed by atoms with E-state index in [1.807, 2.05) is 0 Å². The number of anilines is 1. The van der Waals surface area contributed by atoms with Crippen LogP contribution in [-0.4, -0.2) is 14.7 Å². The maximum Gasteiger partial charge on any atom is 0.488 e. The van der Waals surface area contributed by atoms with Crippen LogP contribution in [-0.2, 0) is 10.5 Å². The maximum absolute atomic E-state index is 12.2. The first-order valence-corrected chi connectivity index (χ1v) is 5.13. The minimum Gasteiger partial charge on any atom is -0.398 e. The van der Waals surface area contributed by atoms with E-state index in [-0.39, 0.29) is 22.6 Å². The Bertz CT molecular complexity index is 498. The highest BCUT2D eigenvalue weighted by Gasteiger charge is 2.14. The number of nitrogen functional groups attached to an aromatic ring is 1. The molecule has 82 valence electrons. The summed E-state index contributed by atoms with van der Waals surface area (Å²) in [5, 5.41) is 0. The van der Waals surface area contributed by atoms with Gasteiger partial charge in [-0.05, 0) is 19.1 Å². The minimum absolute atomic E-state index is 0.108. The van der Waals surface area contributed by atoms with Crippen LogP contribution < -0.4 is 9.92 Å². The van der Waals surface area contributed by atoms with Crippen molar-refractivity contribution < 1.29 is 21.3 Å². The summed E-state index contributed by atoms with van der Waals surface area (Å²) in [5.74, 6) is -0.292. The van der Waals surface area contributed by atoms with Crippen LogP contribution in [0, 0.1) is 6.92 Å². The highest BCUT2D eigenvalue weighted by molar-refractivity contribution is 7.81. The molecule has 0 amide bonds. The van der Waals surface area contributed by atoms with Crippen LogP contribution in [0.2, 0.25) is 0 Å². The van der Waals surface area contributed by atoms with Gasteiger partial charge in [0.25, 0.3) is 0 Å². The van der Waals surface area contributed by atoms with Gasteiger partial charge in [0.05, 0.1) is 0 Å². The Morgan fingerprint density at radius 3 is 2.53 bits per heavy atom. The lowest BCUT2D eigenvalue weighted by Gasteiger charge is -2.07. The first kappa shape index (κ1) is 11.4. The Labute approximate surface area is 86.1 Å². The van der Waals surface area contributed by atoms with Crippen molar-refractivity contribution in [2.24, 2.45) is 0 Å². The van der Waals surface area contributed by atoms with Gasteiger partial charge in [-0.1, -0.05) is 3.89 Å². The van der Waals surface area contributed by atoms with Crippen molar-refractivity contribution in [2.45, 2.75) is 6.92 Å². The first-order valence-electron chi connectivity index (χ1n) is 3.83. The molecule has 0 radical (unpaired) electrons. The molecule has 0 fully saturated rings.